The highest BCUT2D eigenvalue weighted by molar-refractivity contribution is 7.13. The highest BCUT2D eigenvalue weighted by atomic mass is 32.1. The maximum Gasteiger partial charge on any atom is 0.257 e. The third-order valence-electron chi connectivity index (χ3n) is 4.21. The Labute approximate surface area is 151 Å². The van der Waals surface area contributed by atoms with E-state index in [1.54, 1.807) is 16.2 Å². The number of aliphatic hydroxyl groups excluding tert-OH is 1. The van der Waals surface area contributed by atoms with Crippen molar-refractivity contribution < 1.29 is 14.3 Å². The highest BCUT2D eigenvalue weighted by Gasteiger charge is 2.23. The van der Waals surface area contributed by atoms with Gasteiger partial charge < -0.3 is 14.4 Å². The molecule has 1 atom stereocenters. The van der Waals surface area contributed by atoms with Gasteiger partial charge >= 0.3 is 0 Å². The molecule has 1 aliphatic heterocycles. The SMILES string of the molecule is CCCN(Cc1nnc(-c2cccs2)o1)C(=O)CN1CCCC(O)C1. The van der Waals surface area contributed by atoms with Gasteiger partial charge in [0, 0.05) is 13.1 Å². The van der Waals surface area contributed by atoms with Gasteiger partial charge in [-0.05, 0) is 37.3 Å². The van der Waals surface area contributed by atoms with Crippen molar-refractivity contribution in [1.82, 2.24) is 20.0 Å². The molecule has 3 rings (SSSR count). The number of rotatable bonds is 7. The molecule has 0 aromatic carbocycles. The van der Waals surface area contributed by atoms with Crippen LogP contribution in [0.15, 0.2) is 21.9 Å². The first-order valence-corrected chi connectivity index (χ1v) is 9.58. The molecule has 8 heteroatoms. The Kier molecular flexibility index (Phi) is 6.17. The predicted octanol–water partition coefficient (Wildman–Crippen LogP) is 1.99. The van der Waals surface area contributed by atoms with Gasteiger partial charge in [0.25, 0.3) is 5.89 Å². The summed E-state index contributed by atoms with van der Waals surface area (Å²) >= 11 is 1.54. The zero-order valence-corrected chi connectivity index (χ0v) is 15.2. The van der Waals surface area contributed by atoms with E-state index >= 15 is 0 Å². The second kappa shape index (κ2) is 8.55. The molecule has 1 amide bonds. The van der Waals surface area contributed by atoms with E-state index in [4.69, 9.17) is 4.42 Å². The van der Waals surface area contributed by atoms with Gasteiger partial charge in [0.1, 0.15) is 0 Å². The monoisotopic (exact) mass is 364 g/mol. The number of β-amino-alcohol motifs (C(OH)–C–C–N with tert-alkyl or cyclic N) is 1. The number of piperidine rings is 1. The molecule has 0 bridgehead atoms. The molecule has 3 heterocycles. The molecule has 0 spiro atoms. The Morgan fingerprint density at radius 3 is 3.12 bits per heavy atom. The molecule has 2 aromatic rings. The molecule has 1 unspecified atom stereocenters. The number of hydrogen-bond acceptors (Lipinski definition) is 7. The summed E-state index contributed by atoms with van der Waals surface area (Å²) in [6.45, 7) is 4.74. The van der Waals surface area contributed by atoms with Crippen LogP contribution in [0.5, 0.6) is 0 Å². The second-order valence-electron chi connectivity index (χ2n) is 6.32. The van der Waals surface area contributed by atoms with Crippen molar-refractivity contribution in [2.75, 3.05) is 26.2 Å². The smallest absolute Gasteiger partial charge is 0.257 e. The number of likely N-dealkylation sites (tertiary alicyclic amines) is 1. The first-order valence-electron chi connectivity index (χ1n) is 8.70. The zero-order valence-electron chi connectivity index (χ0n) is 14.4. The summed E-state index contributed by atoms with van der Waals surface area (Å²) < 4.78 is 5.70. The minimum absolute atomic E-state index is 0.0341. The summed E-state index contributed by atoms with van der Waals surface area (Å²) in [6, 6.07) is 3.86. The van der Waals surface area contributed by atoms with Crippen molar-refractivity contribution >= 4 is 17.2 Å². The van der Waals surface area contributed by atoms with Crippen molar-refractivity contribution in [2.24, 2.45) is 0 Å². The van der Waals surface area contributed by atoms with Crippen molar-refractivity contribution in [2.45, 2.75) is 38.8 Å². The fourth-order valence-electron chi connectivity index (χ4n) is 3.01. The van der Waals surface area contributed by atoms with Crippen LogP contribution in [0.4, 0.5) is 0 Å². The summed E-state index contributed by atoms with van der Waals surface area (Å²) in [4.78, 5) is 17.4. The van der Waals surface area contributed by atoms with E-state index in [2.05, 4.69) is 10.2 Å². The van der Waals surface area contributed by atoms with Gasteiger partial charge in [-0.2, -0.15) is 0 Å². The average Bonchev–Trinajstić information content (AvgIpc) is 3.26. The minimum atomic E-state index is -0.328. The number of nitrogens with zero attached hydrogens (tertiary/aromatic N) is 4. The topological polar surface area (TPSA) is 82.7 Å². The van der Waals surface area contributed by atoms with Crippen LogP contribution < -0.4 is 0 Å². The van der Waals surface area contributed by atoms with E-state index < -0.39 is 0 Å². The molecular weight excluding hydrogens is 340 g/mol. The second-order valence-corrected chi connectivity index (χ2v) is 7.27. The van der Waals surface area contributed by atoms with Gasteiger partial charge in [0.05, 0.1) is 24.1 Å². The van der Waals surface area contributed by atoms with E-state index in [9.17, 15) is 9.90 Å². The van der Waals surface area contributed by atoms with Crippen molar-refractivity contribution in [1.29, 1.82) is 0 Å². The van der Waals surface area contributed by atoms with Crippen LogP contribution in [0, 0.1) is 0 Å². The van der Waals surface area contributed by atoms with E-state index in [0.717, 1.165) is 30.7 Å². The Balaban J connectivity index is 1.61. The number of aromatic nitrogens is 2. The number of carbonyl (C=O) groups excluding carboxylic acids is 1. The molecule has 1 N–H and O–H groups in total. The number of hydrogen-bond donors (Lipinski definition) is 1. The quantitative estimate of drug-likeness (QED) is 0.809. The van der Waals surface area contributed by atoms with Gasteiger partial charge in [0.15, 0.2) is 0 Å². The third kappa shape index (κ3) is 4.87. The third-order valence-corrected chi connectivity index (χ3v) is 5.07. The predicted molar refractivity (Wildman–Crippen MR) is 95.0 cm³/mol. The Morgan fingerprint density at radius 1 is 1.52 bits per heavy atom. The Hall–Kier alpha value is -1.77. The molecule has 7 nitrogen and oxygen atoms in total. The lowest BCUT2D eigenvalue weighted by molar-refractivity contribution is -0.134. The van der Waals surface area contributed by atoms with Crippen LogP contribution in [0.25, 0.3) is 10.8 Å². The number of aliphatic hydroxyl groups is 1. The van der Waals surface area contributed by atoms with Crippen molar-refractivity contribution in [3.8, 4) is 10.8 Å². The standard InChI is InChI=1S/C17H24N4O3S/c1-2-7-21(16(23)12-20-8-3-5-13(22)10-20)11-15-18-19-17(24-15)14-6-4-9-25-14/h4,6,9,13,22H,2-3,5,7-8,10-12H2,1H3. The number of thiophene rings is 1. The molecule has 2 aromatic heterocycles. The first kappa shape index (κ1) is 18.0. The van der Waals surface area contributed by atoms with E-state index in [1.807, 2.05) is 29.3 Å². The maximum atomic E-state index is 12.7. The summed E-state index contributed by atoms with van der Waals surface area (Å²) in [5.41, 5.74) is 0. The average molecular weight is 364 g/mol. The van der Waals surface area contributed by atoms with Gasteiger partial charge in [-0.25, -0.2) is 0 Å². The van der Waals surface area contributed by atoms with Crippen LogP contribution in [0.3, 0.4) is 0 Å². The molecular formula is C17H24N4O3S. The van der Waals surface area contributed by atoms with E-state index in [0.29, 0.717) is 38.0 Å². The summed E-state index contributed by atoms with van der Waals surface area (Å²) in [5, 5.41) is 19.9. The summed E-state index contributed by atoms with van der Waals surface area (Å²) in [7, 11) is 0. The van der Waals surface area contributed by atoms with Crippen LogP contribution in [0.1, 0.15) is 32.1 Å². The molecule has 0 radical (unpaired) electrons. The molecule has 1 saturated heterocycles. The zero-order chi connectivity index (χ0) is 17.6. The van der Waals surface area contributed by atoms with Crippen LogP contribution >= 0.6 is 11.3 Å². The fraction of sp³-hybridized carbons (Fsp3) is 0.588. The van der Waals surface area contributed by atoms with E-state index in [1.165, 1.54) is 0 Å². The van der Waals surface area contributed by atoms with Crippen molar-refractivity contribution in [3.63, 3.8) is 0 Å². The molecule has 25 heavy (non-hydrogen) atoms. The molecule has 0 aliphatic carbocycles. The van der Waals surface area contributed by atoms with Crippen molar-refractivity contribution in [3.05, 3.63) is 23.4 Å². The minimum Gasteiger partial charge on any atom is -0.418 e. The lowest BCUT2D eigenvalue weighted by atomic mass is 10.1. The molecule has 0 saturated carbocycles. The normalized spacial score (nSPS) is 18.4. The summed E-state index contributed by atoms with van der Waals surface area (Å²) in [5.74, 6) is 0.976. The van der Waals surface area contributed by atoms with Gasteiger partial charge in [-0.15, -0.1) is 21.5 Å². The van der Waals surface area contributed by atoms with Gasteiger partial charge in [0.2, 0.25) is 11.8 Å². The summed E-state index contributed by atoms with van der Waals surface area (Å²) in [6.07, 6.45) is 2.28. The number of amides is 1. The van der Waals surface area contributed by atoms with Crippen LogP contribution in [0.2, 0.25) is 0 Å². The first-order chi connectivity index (χ1) is 12.2. The van der Waals surface area contributed by atoms with Gasteiger partial charge in [-0.3, -0.25) is 9.69 Å². The van der Waals surface area contributed by atoms with E-state index in [-0.39, 0.29) is 12.0 Å². The molecule has 1 fully saturated rings. The fourth-order valence-corrected chi connectivity index (χ4v) is 3.65. The lowest BCUT2D eigenvalue weighted by Crippen LogP contribution is -2.45. The van der Waals surface area contributed by atoms with Crippen LogP contribution in [-0.4, -0.2) is 63.3 Å². The van der Waals surface area contributed by atoms with Gasteiger partial charge in [-0.1, -0.05) is 13.0 Å². The molecule has 1 aliphatic rings. The lowest BCUT2D eigenvalue weighted by Gasteiger charge is -2.31. The maximum absolute atomic E-state index is 12.7. The Morgan fingerprint density at radius 2 is 2.40 bits per heavy atom. The Bertz CT molecular complexity index is 673. The highest BCUT2D eigenvalue weighted by Crippen LogP contribution is 2.23. The largest absolute Gasteiger partial charge is 0.418 e. The van der Waals surface area contributed by atoms with Crippen LogP contribution in [-0.2, 0) is 11.3 Å². The number of carbonyl (C=O) groups is 1. The molecule has 136 valence electrons.